The fraction of sp³-hybridized carbons (Fsp3) is 0.250. The lowest BCUT2D eigenvalue weighted by atomic mass is 9.83. The number of methoxy groups -OCH3 is 1. The molecule has 0 spiro atoms. The van der Waals surface area contributed by atoms with E-state index < -0.39 is 5.91 Å². The van der Waals surface area contributed by atoms with Crippen molar-refractivity contribution in [3.8, 4) is 5.75 Å². The van der Waals surface area contributed by atoms with Crippen LogP contribution in [0, 0.1) is 5.92 Å². The third-order valence-electron chi connectivity index (χ3n) is 6.83. The predicted molar refractivity (Wildman–Crippen MR) is 143 cm³/mol. The fourth-order valence-corrected chi connectivity index (χ4v) is 5.60. The zero-order valence-electron chi connectivity index (χ0n) is 20.1. The largest absolute Gasteiger partial charge is 0.497 e. The van der Waals surface area contributed by atoms with Crippen LogP contribution in [0.5, 0.6) is 5.75 Å². The molecule has 0 radical (unpaired) electrons. The SMILES string of the molecule is COc1ccc(C(=O)N/C(=C\c2cccc(Cl)c2)C(=O)N2CC3CC(C2)c2cccc(=O)n2C3)c(Cl)c1. The number of aromatic nitrogens is 1. The molecular formula is C28H25Cl2N3O4. The molecular weight excluding hydrogens is 513 g/mol. The summed E-state index contributed by atoms with van der Waals surface area (Å²) in [6.45, 7) is 1.50. The third-order valence-corrected chi connectivity index (χ3v) is 7.37. The molecule has 37 heavy (non-hydrogen) atoms. The summed E-state index contributed by atoms with van der Waals surface area (Å²) in [6.07, 6.45) is 2.53. The number of nitrogens with zero attached hydrogens (tertiary/aromatic N) is 2. The van der Waals surface area contributed by atoms with E-state index in [0.29, 0.717) is 36.0 Å². The number of halogens is 2. The van der Waals surface area contributed by atoms with E-state index in [1.54, 1.807) is 65.6 Å². The average molecular weight is 538 g/mol. The molecule has 2 aliphatic heterocycles. The van der Waals surface area contributed by atoms with Crippen molar-refractivity contribution in [3.05, 3.63) is 104 Å². The Morgan fingerprint density at radius 3 is 2.59 bits per heavy atom. The van der Waals surface area contributed by atoms with Gasteiger partial charge in [-0.1, -0.05) is 41.4 Å². The lowest BCUT2D eigenvalue weighted by Crippen LogP contribution is -2.50. The number of carbonyl (C=O) groups is 2. The summed E-state index contributed by atoms with van der Waals surface area (Å²) >= 11 is 12.5. The van der Waals surface area contributed by atoms with Gasteiger partial charge in [-0.2, -0.15) is 0 Å². The van der Waals surface area contributed by atoms with Gasteiger partial charge in [0.2, 0.25) is 0 Å². The van der Waals surface area contributed by atoms with E-state index in [2.05, 4.69) is 5.32 Å². The quantitative estimate of drug-likeness (QED) is 0.483. The summed E-state index contributed by atoms with van der Waals surface area (Å²) in [6, 6.07) is 17.0. The molecule has 2 atom stereocenters. The number of hydrogen-bond donors (Lipinski definition) is 1. The summed E-state index contributed by atoms with van der Waals surface area (Å²) in [5.74, 6) is -0.103. The van der Waals surface area contributed by atoms with Crippen LogP contribution in [0.25, 0.3) is 6.08 Å². The van der Waals surface area contributed by atoms with Crippen LogP contribution < -0.4 is 15.6 Å². The molecule has 1 fully saturated rings. The van der Waals surface area contributed by atoms with Gasteiger partial charge in [-0.05, 0) is 60.4 Å². The maximum Gasteiger partial charge on any atom is 0.270 e. The normalized spacial score (nSPS) is 18.7. The van der Waals surface area contributed by atoms with Crippen LogP contribution >= 0.6 is 23.2 Å². The number of amides is 2. The Kier molecular flexibility index (Phi) is 7.09. The van der Waals surface area contributed by atoms with Crippen LogP contribution in [0.15, 0.2) is 71.2 Å². The van der Waals surface area contributed by atoms with Gasteiger partial charge in [0, 0.05) is 42.3 Å². The van der Waals surface area contributed by atoms with Crippen molar-refractivity contribution >= 4 is 41.1 Å². The van der Waals surface area contributed by atoms with Crippen LogP contribution in [0.1, 0.15) is 34.0 Å². The van der Waals surface area contributed by atoms with Crippen LogP contribution in [0.2, 0.25) is 10.0 Å². The second kappa shape index (κ2) is 10.4. The lowest BCUT2D eigenvalue weighted by molar-refractivity contribution is -0.130. The molecule has 3 heterocycles. The highest BCUT2D eigenvalue weighted by Gasteiger charge is 2.37. The monoisotopic (exact) mass is 537 g/mol. The Balaban J connectivity index is 1.45. The van der Waals surface area contributed by atoms with Crippen molar-refractivity contribution in [2.75, 3.05) is 20.2 Å². The van der Waals surface area contributed by atoms with Crippen molar-refractivity contribution < 1.29 is 14.3 Å². The maximum absolute atomic E-state index is 13.8. The standard InChI is InChI=1S/C28H25Cl2N3O4/c1-37-21-8-9-22(23(30)13-21)27(35)31-24(12-17-4-2-5-20(29)11-17)28(36)32-14-18-10-19(16-32)25-6-3-7-26(34)33(25)15-18/h2-9,11-13,18-19H,10,14-16H2,1H3,(H,31,35)/b24-12-. The van der Waals surface area contributed by atoms with Crippen LogP contribution in [-0.4, -0.2) is 41.5 Å². The number of piperidine rings is 1. The number of pyridine rings is 1. The highest BCUT2D eigenvalue weighted by molar-refractivity contribution is 6.34. The Hall–Kier alpha value is -3.55. The zero-order valence-corrected chi connectivity index (χ0v) is 21.6. The van der Waals surface area contributed by atoms with E-state index in [0.717, 1.165) is 12.1 Å². The van der Waals surface area contributed by atoms with Gasteiger partial charge in [-0.15, -0.1) is 0 Å². The smallest absolute Gasteiger partial charge is 0.270 e. The molecule has 0 saturated carbocycles. The van der Waals surface area contributed by atoms with Gasteiger partial charge >= 0.3 is 0 Å². The van der Waals surface area contributed by atoms with Crippen molar-refractivity contribution in [1.29, 1.82) is 0 Å². The molecule has 9 heteroatoms. The second-order valence-electron chi connectivity index (χ2n) is 9.32. The number of rotatable bonds is 5. The van der Waals surface area contributed by atoms with Gasteiger partial charge < -0.3 is 19.5 Å². The molecule has 2 aromatic carbocycles. The number of carbonyl (C=O) groups excluding carboxylic acids is 2. The summed E-state index contributed by atoms with van der Waals surface area (Å²) in [4.78, 5) is 41.2. The molecule has 2 bridgehead atoms. The Labute approximate surface area is 224 Å². The first-order valence-electron chi connectivity index (χ1n) is 11.9. The van der Waals surface area contributed by atoms with Gasteiger partial charge in [0.05, 0.1) is 17.7 Å². The van der Waals surface area contributed by atoms with E-state index in [4.69, 9.17) is 27.9 Å². The van der Waals surface area contributed by atoms with Gasteiger partial charge in [-0.25, -0.2) is 0 Å². The Bertz CT molecular complexity index is 1470. The predicted octanol–water partition coefficient (Wildman–Crippen LogP) is 4.58. The molecule has 2 aliphatic rings. The molecule has 7 nitrogen and oxygen atoms in total. The lowest BCUT2D eigenvalue weighted by Gasteiger charge is -2.43. The van der Waals surface area contributed by atoms with E-state index in [-0.39, 0.29) is 39.6 Å². The minimum absolute atomic E-state index is 0.0165. The summed E-state index contributed by atoms with van der Waals surface area (Å²) < 4.78 is 6.98. The van der Waals surface area contributed by atoms with Gasteiger partial charge in [0.15, 0.2) is 0 Å². The first kappa shape index (κ1) is 25.1. The first-order chi connectivity index (χ1) is 17.8. The molecule has 1 N–H and O–H groups in total. The van der Waals surface area contributed by atoms with Crippen molar-refractivity contribution in [2.45, 2.75) is 18.9 Å². The number of ether oxygens (including phenoxy) is 1. The zero-order chi connectivity index (χ0) is 26.1. The van der Waals surface area contributed by atoms with E-state index in [1.165, 1.54) is 7.11 Å². The summed E-state index contributed by atoms with van der Waals surface area (Å²) in [5, 5.41) is 3.50. The molecule has 2 unspecified atom stereocenters. The number of fused-ring (bicyclic) bond motifs is 4. The van der Waals surface area contributed by atoms with Gasteiger partial charge in [0.25, 0.3) is 17.4 Å². The molecule has 2 amide bonds. The van der Waals surface area contributed by atoms with Crippen LogP contribution in [0.4, 0.5) is 0 Å². The molecule has 0 aliphatic carbocycles. The van der Waals surface area contributed by atoms with Crippen molar-refractivity contribution in [2.24, 2.45) is 5.92 Å². The van der Waals surface area contributed by atoms with Crippen LogP contribution in [0.3, 0.4) is 0 Å². The molecule has 3 aromatic rings. The fourth-order valence-electron chi connectivity index (χ4n) is 5.14. The summed E-state index contributed by atoms with van der Waals surface area (Å²) in [7, 11) is 1.51. The van der Waals surface area contributed by atoms with Crippen molar-refractivity contribution in [3.63, 3.8) is 0 Å². The molecule has 190 valence electrons. The molecule has 1 aromatic heterocycles. The second-order valence-corrected chi connectivity index (χ2v) is 10.2. The highest BCUT2D eigenvalue weighted by Crippen LogP contribution is 2.35. The number of nitrogens with one attached hydrogen (secondary N) is 1. The first-order valence-corrected chi connectivity index (χ1v) is 12.7. The molecule has 5 rings (SSSR count). The maximum atomic E-state index is 13.8. The number of hydrogen-bond acceptors (Lipinski definition) is 4. The van der Waals surface area contributed by atoms with Crippen LogP contribution in [-0.2, 0) is 11.3 Å². The molecule has 1 saturated heterocycles. The van der Waals surface area contributed by atoms with Gasteiger partial charge in [-0.3, -0.25) is 14.4 Å². The van der Waals surface area contributed by atoms with E-state index >= 15 is 0 Å². The Morgan fingerprint density at radius 2 is 1.84 bits per heavy atom. The summed E-state index contributed by atoms with van der Waals surface area (Å²) in [5.41, 5.74) is 1.93. The third kappa shape index (κ3) is 5.29. The number of benzene rings is 2. The van der Waals surface area contributed by atoms with E-state index in [9.17, 15) is 14.4 Å². The van der Waals surface area contributed by atoms with Crippen molar-refractivity contribution in [1.82, 2.24) is 14.8 Å². The minimum atomic E-state index is -0.511. The van der Waals surface area contributed by atoms with E-state index in [1.807, 2.05) is 10.6 Å². The number of likely N-dealkylation sites (tertiary alicyclic amines) is 1. The topological polar surface area (TPSA) is 80.6 Å². The minimum Gasteiger partial charge on any atom is -0.497 e. The van der Waals surface area contributed by atoms with Gasteiger partial charge in [0.1, 0.15) is 11.4 Å². The average Bonchev–Trinajstić information content (AvgIpc) is 2.88. The Morgan fingerprint density at radius 1 is 1.03 bits per heavy atom. The highest BCUT2D eigenvalue weighted by atomic mass is 35.5.